The van der Waals surface area contributed by atoms with Gasteiger partial charge in [0.25, 0.3) is 0 Å². The van der Waals surface area contributed by atoms with Crippen LogP contribution in [-0.2, 0) is 0 Å². The maximum atomic E-state index is 5.93. The molecule has 14 heavy (non-hydrogen) atoms. The van der Waals surface area contributed by atoms with Crippen molar-refractivity contribution in [3.63, 3.8) is 0 Å². The number of nitrogens with two attached hydrogens (primary N) is 1. The second-order valence-electron chi connectivity index (χ2n) is 4.39. The van der Waals surface area contributed by atoms with Gasteiger partial charge < -0.3 is 10.3 Å². The molecule has 4 nitrogen and oxygen atoms in total. The topological polar surface area (TPSA) is 64.9 Å². The summed E-state index contributed by atoms with van der Waals surface area (Å²) in [5.74, 6) is 2.28. The first kappa shape index (κ1) is 9.65. The molecule has 0 saturated heterocycles. The monoisotopic (exact) mass is 195 g/mol. The fourth-order valence-corrected chi connectivity index (χ4v) is 1.50. The summed E-state index contributed by atoms with van der Waals surface area (Å²) in [6.45, 7) is 4.12. The van der Waals surface area contributed by atoms with Gasteiger partial charge in [-0.2, -0.15) is 4.98 Å². The van der Waals surface area contributed by atoms with E-state index >= 15 is 0 Å². The molecule has 1 aliphatic carbocycles. The van der Waals surface area contributed by atoms with Crippen molar-refractivity contribution in [1.82, 2.24) is 10.1 Å². The van der Waals surface area contributed by atoms with Crippen LogP contribution in [0.1, 0.15) is 56.8 Å². The van der Waals surface area contributed by atoms with E-state index in [0.717, 1.165) is 5.89 Å². The number of hydrogen-bond donors (Lipinski definition) is 1. The van der Waals surface area contributed by atoms with Crippen molar-refractivity contribution < 1.29 is 4.52 Å². The number of rotatable bonds is 3. The van der Waals surface area contributed by atoms with Crippen LogP contribution in [0.2, 0.25) is 0 Å². The minimum Gasteiger partial charge on any atom is -0.339 e. The highest BCUT2D eigenvalue weighted by molar-refractivity contribution is 5.01. The normalized spacial score (nSPS) is 19.7. The number of aromatic nitrogens is 2. The van der Waals surface area contributed by atoms with Crippen LogP contribution in [-0.4, -0.2) is 10.1 Å². The summed E-state index contributed by atoms with van der Waals surface area (Å²) in [5, 5.41) is 3.93. The van der Waals surface area contributed by atoms with Crippen molar-refractivity contribution in [1.29, 1.82) is 0 Å². The van der Waals surface area contributed by atoms with E-state index in [1.54, 1.807) is 0 Å². The fraction of sp³-hybridized carbons (Fsp3) is 0.800. The van der Waals surface area contributed by atoms with Crippen LogP contribution in [0.25, 0.3) is 0 Å². The Balaban J connectivity index is 2.08. The van der Waals surface area contributed by atoms with Gasteiger partial charge in [-0.05, 0) is 18.8 Å². The predicted molar refractivity (Wildman–Crippen MR) is 52.7 cm³/mol. The van der Waals surface area contributed by atoms with E-state index in [2.05, 4.69) is 24.0 Å². The van der Waals surface area contributed by atoms with Gasteiger partial charge in [0.2, 0.25) is 5.89 Å². The summed E-state index contributed by atoms with van der Waals surface area (Å²) in [6, 6.07) is -0.104. The predicted octanol–water partition coefficient (Wildman–Crippen LogP) is 1.99. The Morgan fingerprint density at radius 3 is 2.64 bits per heavy atom. The molecule has 0 spiro atoms. The molecular formula is C10H17N3O. The summed E-state index contributed by atoms with van der Waals surface area (Å²) in [4.78, 5) is 4.35. The lowest BCUT2D eigenvalue weighted by atomic mass is 9.85. The minimum atomic E-state index is -0.104. The molecule has 1 aromatic heterocycles. The highest BCUT2D eigenvalue weighted by Gasteiger charge is 2.26. The maximum Gasteiger partial charge on any atom is 0.229 e. The summed E-state index contributed by atoms with van der Waals surface area (Å²) in [7, 11) is 0. The number of nitrogens with zero attached hydrogens (tertiary/aromatic N) is 2. The molecule has 1 heterocycles. The molecule has 4 heteroatoms. The lowest BCUT2D eigenvalue weighted by molar-refractivity contribution is 0.289. The quantitative estimate of drug-likeness (QED) is 0.801. The van der Waals surface area contributed by atoms with Gasteiger partial charge >= 0.3 is 0 Å². The van der Waals surface area contributed by atoms with E-state index in [4.69, 9.17) is 10.3 Å². The zero-order chi connectivity index (χ0) is 10.1. The van der Waals surface area contributed by atoms with Crippen LogP contribution in [0.3, 0.4) is 0 Å². The van der Waals surface area contributed by atoms with Crippen LogP contribution >= 0.6 is 0 Å². The van der Waals surface area contributed by atoms with Crippen LogP contribution in [0.4, 0.5) is 0 Å². The molecule has 0 bridgehead atoms. The van der Waals surface area contributed by atoms with E-state index in [9.17, 15) is 0 Å². The van der Waals surface area contributed by atoms with Gasteiger partial charge in [-0.15, -0.1) is 0 Å². The van der Waals surface area contributed by atoms with E-state index in [1.807, 2.05) is 0 Å². The van der Waals surface area contributed by atoms with Crippen molar-refractivity contribution >= 4 is 0 Å². The van der Waals surface area contributed by atoms with Gasteiger partial charge in [-0.1, -0.05) is 25.4 Å². The molecule has 0 radical (unpaired) electrons. The molecule has 2 rings (SSSR count). The Bertz CT molecular complexity index is 304. The molecule has 78 valence electrons. The van der Waals surface area contributed by atoms with Gasteiger partial charge in [0.1, 0.15) is 0 Å². The molecule has 1 aliphatic rings. The third-order valence-corrected chi connectivity index (χ3v) is 2.93. The highest BCUT2D eigenvalue weighted by Crippen LogP contribution is 2.35. The van der Waals surface area contributed by atoms with Crippen molar-refractivity contribution in [3.8, 4) is 0 Å². The van der Waals surface area contributed by atoms with Gasteiger partial charge in [-0.25, -0.2) is 0 Å². The first-order chi connectivity index (χ1) is 6.68. The first-order valence-corrected chi connectivity index (χ1v) is 5.27. The summed E-state index contributed by atoms with van der Waals surface area (Å²) in [5.41, 5.74) is 5.93. The first-order valence-electron chi connectivity index (χ1n) is 5.27. The lowest BCUT2D eigenvalue weighted by Crippen LogP contribution is -2.18. The van der Waals surface area contributed by atoms with Crippen LogP contribution in [0, 0.1) is 5.92 Å². The number of hydrogen-bond acceptors (Lipinski definition) is 4. The Morgan fingerprint density at radius 2 is 2.14 bits per heavy atom. The van der Waals surface area contributed by atoms with Crippen molar-refractivity contribution in [2.45, 2.75) is 45.1 Å². The summed E-state index contributed by atoms with van der Waals surface area (Å²) < 4.78 is 5.20. The zero-order valence-electron chi connectivity index (χ0n) is 8.73. The second-order valence-corrected chi connectivity index (χ2v) is 4.39. The maximum absolute atomic E-state index is 5.93. The standard InChI is InChI=1S/C10H17N3O/c1-6(2)8(11)9-12-10(14-13-9)7-4-3-5-7/h6-8H,3-5,11H2,1-2H3. The van der Waals surface area contributed by atoms with Gasteiger partial charge in [0, 0.05) is 5.92 Å². The SMILES string of the molecule is CC(C)C(N)c1noc(C2CCC2)n1. The third kappa shape index (κ3) is 1.66. The molecule has 1 saturated carbocycles. The van der Waals surface area contributed by atoms with Crippen molar-refractivity contribution in [2.75, 3.05) is 0 Å². The van der Waals surface area contributed by atoms with Crippen LogP contribution in [0.15, 0.2) is 4.52 Å². The average Bonchev–Trinajstić information content (AvgIpc) is 2.48. The second kappa shape index (κ2) is 3.69. The molecule has 0 aliphatic heterocycles. The van der Waals surface area contributed by atoms with E-state index in [-0.39, 0.29) is 6.04 Å². The molecule has 2 N–H and O–H groups in total. The van der Waals surface area contributed by atoms with Crippen LogP contribution in [0.5, 0.6) is 0 Å². The fourth-order valence-electron chi connectivity index (χ4n) is 1.50. The molecule has 0 amide bonds. The van der Waals surface area contributed by atoms with E-state index < -0.39 is 0 Å². The summed E-state index contributed by atoms with van der Waals surface area (Å²) >= 11 is 0. The average molecular weight is 195 g/mol. The third-order valence-electron chi connectivity index (χ3n) is 2.93. The van der Waals surface area contributed by atoms with Crippen molar-refractivity contribution in [3.05, 3.63) is 11.7 Å². The molecule has 1 atom stereocenters. The molecular weight excluding hydrogens is 178 g/mol. The Labute approximate surface area is 83.9 Å². The molecule has 1 fully saturated rings. The molecule has 1 unspecified atom stereocenters. The minimum absolute atomic E-state index is 0.104. The van der Waals surface area contributed by atoms with Crippen molar-refractivity contribution in [2.24, 2.45) is 11.7 Å². The van der Waals surface area contributed by atoms with Gasteiger partial charge in [0.15, 0.2) is 5.82 Å². The van der Waals surface area contributed by atoms with E-state index in [1.165, 1.54) is 19.3 Å². The van der Waals surface area contributed by atoms with Crippen LogP contribution < -0.4 is 5.73 Å². The zero-order valence-corrected chi connectivity index (χ0v) is 8.73. The largest absolute Gasteiger partial charge is 0.339 e. The van der Waals surface area contributed by atoms with Gasteiger partial charge in [0.05, 0.1) is 6.04 Å². The smallest absolute Gasteiger partial charge is 0.229 e. The highest BCUT2D eigenvalue weighted by atomic mass is 16.5. The molecule has 0 aromatic carbocycles. The lowest BCUT2D eigenvalue weighted by Gasteiger charge is -2.20. The Kier molecular flexibility index (Phi) is 2.54. The Hall–Kier alpha value is -0.900. The van der Waals surface area contributed by atoms with Gasteiger partial charge in [-0.3, -0.25) is 0 Å². The summed E-state index contributed by atoms with van der Waals surface area (Å²) in [6.07, 6.45) is 3.63. The van der Waals surface area contributed by atoms with E-state index in [0.29, 0.717) is 17.7 Å². The molecule has 1 aromatic rings. The Morgan fingerprint density at radius 1 is 1.43 bits per heavy atom.